The Morgan fingerprint density at radius 1 is 1.21 bits per heavy atom. The van der Waals surface area contributed by atoms with Crippen molar-refractivity contribution in [2.75, 3.05) is 18.1 Å². The van der Waals surface area contributed by atoms with Gasteiger partial charge in [0.2, 0.25) is 0 Å². The van der Waals surface area contributed by atoms with Gasteiger partial charge in [-0.05, 0) is 37.5 Å². The molecule has 1 aliphatic heterocycles. The van der Waals surface area contributed by atoms with E-state index in [1.54, 1.807) is 0 Å². The molecule has 1 heterocycles. The van der Waals surface area contributed by atoms with Gasteiger partial charge in [0.1, 0.15) is 0 Å². The number of ether oxygens (including phenoxy) is 1. The first kappa shape index (κ1) is 12.9. The van der Waals surface area contributed by atoms with E-state index in [-0.39, 0.29) is 6.04 Å². The van der Waals surface area contributed by atoms with Crippen LogP contribution in [0, 0.1) is 0 Å². The van der Waals surface area contributed by atoms with Crippen LogP contribution in [0.4, 0.5) is 5.69 Å². The largest absolute Gasteiger partial charge is 0.374 e. The van der Waals surface area contributed by atoms with Crippen LogP contribution in [0.5, 0.6) is 0 Å². The van der Waals surface area contributed by atoms with Gasteiger partial charge in [0.05, 0.1) is 18.8 Å². The number of nitrogens with zero attached hydrogens (tertiary/aromatic N) is 1. The van der Waals surface area contributed by atoms with Gasteiger partial charge < -0.3 is 15.4 Å². The van der Waals surface area contributed by atoms with Gasteiger partial charge in [0, 0.05) is 18.3 Å². The van der Waals surface area contributed by atoms with Gasteiger partial charge in [0.25, 0.3) is 0 Å². The second kappa shape index (κ2) is 5.51. The van der Waals surface area contributed by atoms with E-state index in [0.29, 0.717) is 12.1 Å². The summed E-state index contributed by atoms with van der Waals surface area (Å²) in [6.45, 7) is 3.90. The number of morpholine rings is 1. The molecule has 0 bridgehead atoms. The second-order valence-electron chi connectivity index (χ2n) is 5.83. The lowest BCUT2D eigenvalue weighted by Gasteiger charge is -2.45. The maximum atomic E-state index is 5.93. The van der Waals surface area contributed by atoms with Gasteiger partial charge in [-0.1, -0.05) is 25.0 Å². The van der Waals surface area contributed by atoms with Gasteiger partial charge in [-0.15, -0.1) is 0 Å². The zero-order valence-corrected chi connectivity index (χ0v) is 11.7. The fourth-order valence-electron chi connectivity index (χ4n) is 3.39. The van der Waals surface area contributed by atoms with Crippen molar-refractivity contribution >= 4 is 5.69 Å². The molecule has 19 heavy (non-hydrogen) atoms. The topological polar surface area (TPSA) is 38.5 Å². The van der Waals surface area contributed by atoms with Crippen molar-refractivity contribution in [3.8, 4) is 0 Å². The lowest BCUT2D eigenvalue weighted by Crippen LogP contribution is -2.52. The molecular weight excluding hydrogens is 236 g/mol. The van der Waals surface area contributed by atoms with Gasteiger partial charge in [0.15, 0.2) is 0 Å². The molecule has 0 spiro atoms. The minimum Gasteiger partial charge on any atom is -0.374 e. The number of hydrogen-bond donors (Lipinski definition) is 1. The molecule has 3 atom stereocenters. The molecule has 0 aromatic heterocycles. The van der Waals surface area contributed by atoms with E-state index in [0.717, 1.165) is 13.2 Å². The van der Waals surface area contributed by atoms with Crippen LogP contribution in [0.2, 0.25) is 0 Å². The SMILES string of the molecule is C[C@H](N)c1ccc(N2CCOC3CCCCC32)cc1. The highest BCUT2D eigenvalue weighted by Crippen LogP contribution is 2.32. The number of nitrogens with two attached hydrogens (primary N) is 1. The Hall–Kier alpha value is -1.06. The molecule has 0 radical (unpaired) electrons. The highest BCUT2D eigenvalue weighted by molar-refractivity contribution is 5.49. The minimum atomic E-state index is 0.112. The molecule has 2 fully saturated rings. The van der Waals surface area contributed by atoms with Crippen molar-refractivity contribution in [1.29, 1.82) is 0 Å². The smallest absolute Gasteiger partial charge is 0.0779 e. The third kappa shape index (κ3) is 2.63. The van der Waals surface area contributed by atoms with Crippen LogP contribution in [0.25, 0.3) is 0 Å². The molecule has 1 saturated heterocycles. The average Bonchev–Trinajstić information content (AvgIpc) is 2.47. The number of benzene rings is 1. The highest BCUT2D eigenvalue weighted by atomic mass is 16.5. The number of fused-ring (bicyclic) bond motifs is 1. The Kier molecular flexibility index (Phi) is 3.76. The number of rotatable bonds is 2. The molecule has 1 aromatic carbocycles. The summed E-state index contributed by atoms with van der Waals surface area (Å²) in [5.41, 5.74) is 8.44. The van der Waals surface area contributed by atoms with Crippen molar-refractivity contribution in [3.05, 3.63) is 29.8 Å². The third-order valence-corrected chi connectivity index (χ3v) is 4.48. The Balaban J connectivity index is 1.79. The first-order chi connectivity index (χ1) is 9.25. The highest BCUT2D eigenvalue weighted by Gasteiger charge is 2.34. The Morgan fingerprint density at radius 2 is 1.95 bits per heavy atom. The Labute approximate surface area is 115 Å². The van der Waals surface area contributed by atoms with Crippen molar-refractivity contribution in [1.82, 2.24) is 0 Å². The Morgan fingerprint density at radius 3 is 2.68 bits per heavy atom. The molecule has 104 valence electrons. The van der Waals surface area contributed by atoms with E-state index in [1.165, 1.54) is 36.9 Å². The average molecular weight is 260 g/mol. The van der Waals surface area contributed by atoms with Gasteiger partial charge in [-0.3, -0.25) is 0 Å². The summed E-state index contributed by atoms with van der Waals surface area (Å²) >= 11 is 0. The lowest BCUT2D eigenvalue weighted by atomic mass is 9.89. The molecule has 3 nitrogen and oxygen atoms in total. The predicted octanol–water partition coefficient (Wildman–Crippen LogP) is 2.85. The van der Waals surface area contributed by atoms with Crippen LogP contribution in [-0.2, 0) is 4.74 Å². The van der Waals surface area contributed by atoms with Crippen LogP contribution in [0.15, 0.2) is 24.3 Å². The monoisotopic (exact) mass is 260 g/mol. The molecule has 1 aromatic rings. The first-order valence-electron chi connectivity index (χ1n) is 7.49. The number of hydrogen-bond acceptors (Lipinski definition) is 3. The second-order valence-corrected chi connectivity index (χ2v) is 5.83. The van der Waals surface area contributed by atoms with Gasteiger partial charge in [-0.2, -0.15) is 0 Å². The van der Waals surface area contributed by atoms with Crippen LogP contribution in [0.3, 0.4) is 0 Å². The summed E-state index contributed by atoms with van der Waals surface area (Å²) in [5.74, 6) is 0. The zero-order valence-electron chi connectivity index (χ0n) is 11.7. The molecule has 3 heteroatoms. The fraction of sp³-hybridized carbons (Fsp3) is 0.625. The summed E-state index contributed by atoms with van der Waals surface area (Å²) in [4.78, 5) is 2.54. The van der Waals surface area contributed by atoms with Crippen LogP contribution in [0.1, 0.15) is 44.2 Å². The molecule has 2 aliphatic rings. The van der Waals surface area contributed by atoms with Gasteiger partial charge in [-0.25, -0.2) is 0 Å². The lowest BCUT2D eigenvalue weighted by molar-refractivity contribution is -0.00867. The Bertz CT molecular complexity index is 413. The summed E-state index contributed by atoms with van der Waals surface area (Å²) in [6.07, 6.45) is 5.58. The van der Waals surface area contributed by atoms with E-state index in [1.807, 2.05) is 6.92 Å². The predicted molar refractivity (Wildman–Crippen MR) is 78.4 cm³/mol. The van der Waals surface area contributed by atoms with E-state index in [2.05, 4.69) is 29.2 Å². The van der Waals surface area contributed by atoms with Crippen molar-refractivity contribution in [2.45, 2.75) is 50.8 Å². The van der Waals surface area contributed by atoms with Crippen molar-refractivity contribution in [3.63, 3.8) is 0 Å². The summed E-state index contributed by atoms with van der Waals surface area (Å²) < 4.78 is 5.93. The summed E-state index contributed by atoms with van der Waals surface area (Å²) in [6, 6.07) is 9.44. The maximum Gasteiger partial charge on any atom is 0.0779 e. The van der Waals surface area contributed by atoms with Crippen LogP contribution < -0.4 is 10.6 Å². The fourth-order valence-corrected chi connectivity index (χ4v) is 3.39. The quantitative estimate of drug-likeness (QED) is 0.888. The van der Waals surface area contributed by atoms with E-state index in [9.17, 15) is 0 Å². The molecule has 0 amide bonds. The molecule has 2 unspecified atom stereocenters. The molecule has 3 rings (SSSR count). The summed E-state index contributed by atoms with van der Waals surface area (Å²) in [7, 11) is 0. The first-order valence-corrected chi connectivity index (χ1v) is 7.49. The van der Waals surface area contributed by atoms with E-state index in [4.69, 9.17) is 10.5 Å². The molecule has 2 N–H and O–H groups in total. The van der Waals surface area contributed by atoms with E-state index >= 15 is 0 Å². The minimum absolute atomic E-state index is 0.112. The maximum absolute atomic E-state index is 5.93. The number of anilines is 1. The normalized spacial score (nSPS) is 28.8. The summed E-state index contributed by atoms with van der Waals surface area (Å²) in [5, 5.41) is 0. The van der Waals surface area contributed by atoms with Gasteiger partial charge >= 0.3 is 0 Å². The standard InChI is InChI=1S/C16H24N2O/c1-12(17)13-6-8-14(9-7-13)18-10-11-19-16-5-3-2-4-15(16)18/h6-9,12,15-16H,2-5,10-11,17H2,1H3/t12-,15?,16?/m0/s1. The van der Waals surface area contributed by atoms with E-state index < -0.39 is 0 Å². The molecule has 1 aliphatic carbocycles. The van der Waals surface area contributed by atoms with Crippen molar-refractivity contribution < 1.29 is 4.74 Å². The molecular formula is C16H24N2O. The van der Waals surface area contributed by atoms with Crippen LogP contribution >= 0.6 is 0 Å². The third-order valence-electron chi connectivity index (χ3n) is 4.48. The van der Waals surface area contributed by atoms with Crippen LogP contribution in [-0.4, -0.2) is 25.3 Å². The molecule has 1 saturated carbocycles. The van der Waals surface area contributed by atoms with Crippen molar-refractivity contribution in [2.24, 2.45) is 5.73 Å². The zero-order chi connectivity index (χ0) is 13.2.